The summed E-state index contributed by atoms with van der Waals surface area (Å²) in [5, 5.41) is 13.3. The molecular formula is C23H17ClN2O5S. The molecule has 0 bridgehead atoms. The number of carboxylic acids is 1. The minimum atomic E-state index is -1.33. The normalized spacial score (nSPS) is 19.0. The van der Waals surface area contributed by atoms with Crippen LogP contribution >= 0.6 is 22.9 Å². The van der Waals surface area contributed by atoms with Gasteiger partial charge in [-0.15, -0.1) is 11.3 Å². The van der Waals surface area contributed by atoms with Crippen molar-refractivity contribution in [2.45, 2.75) is 11.8 Å². The number of carboxylic acid groups (broad SMARTS) is 1. The molecule has 1 aromatic heterocycles. The number of methoxy groups -OCH3 is 1. The maximum absolute atomic E-state index is 13.6. The largest absolute Gasteiger partial charge is 0.497 e. The van der Waals surface area contributed by atoms with Gasteiger partial charge < -0.3 is 20.1 Å². The summed E-state index contributed by atoms with van der Waals surface area (Å²) < 4.78 is 5.20. The molecule has 1 spiro atoms. The SMILES string of the molecule is COc1ccc(-c2c(C(=O)O)sc3c2NC(=O)CC32C(=O)N(C)c3ccc(Cl)cc32)cc1. The molecule has 2 N–H and O–H groups in total. The third-order valence-electron chi connectivity index (χ3n) is 6.01. The zero-order valence-electron chi connectivity index (χ0n) is 17.1. The molecule has 32 heavy (non-hydrogen) atoms. The molecule has 0 saturated heterocycles. The van der Waals surface area contributed by atoms with Crippen molar-refractivity contribution in [1.82, 2.24) is 0 Å². The molecule has 0 fully saturated rings. The molecule has 2 amide bonds. The van der Waals surface area contributed by atoms with Crippen molar-refractivity contribution < 1.29 is 24.2 Å². The second kappa shape index (κ2) is 7.08. The summed E-state index contributed by atoms with van der Waals surface area (Å²) in [5.41, 5.74) is 1.25. The zero-order valence-corrected chi connectivity index (χ0v) is 18.6. The van der Waals surface area contributed by atoms with Gasteiger partial charge in [0.2, 0.25) is 11.8 Å². The number of rotatable bonds is 3. The summed E-state index contributed by atoms with van der Waals surface area (Å²) >= 11 is 7.28. The minimum Gasteiger partial charge on any atom is -0.497 e. The molecule has 2 aliphatic rings. The molecule has 162 valence electrons. The van der Waals surface area contributed by atoms with Crippen LogP contribution in [0.3, 0.4) is 0 Å². The highest BCUT2D eigenvalue weighted by molar-refractivity contribution is 7.15. The Balaban J connectivity index is 1.83. The van der Waals surface area contributed by atoms with E-state index in [1.165, 1.54) is 4.90 Å². The molecule has 3 heterocycles. The van der Waals surface area contributed by atoms with E-state index in [1.54, 1.807) is 56.6 Å². The molecule has 1 atom stereocenters. The van der Waals surface area contributed by atoms with E-state index in [-0.39, 0.29) is 23.1 Å². The first-order valence-corrected chi connectivity index (χ1v) is 10.9. The summed E-state index contributed by atoms with van der Waals surface area (Å²) in [6.07, 6.45) is -0.127. The lowest BCUT2D eigenvalue weighted by Crippen LogP contribution is -2.45. The Morgan fingerprint density at radius 3 is 2.59 bits per heavy atom. The Hall–Kier alpha value is -3.36. The summed E-state index contributed by atoms with van der Waals surface area (Å²) in [6.45, 7) is 0. The first-order chi connectivity index (χ1) is 15.3. The van der Waals surface area contributed by atoms with Gasteiger partial charge >= 0.3 is 5.97 Å². The number of carbonyl (C=O) groups excluding carboxylic acids is 2. The van der Waals surface area contributed by atoms with Gasteiger partial charge in [-0.1, -0.05) is 23.7 Å². The topological polar surface area (TPSA) is 95.9 Å². The minimum absolute atomic E-state index is 0.0488. The maximum Gasteiger partial charge on any atom is 0.346 e. The van der Waals surface area contributed by atoms with Crippen molar-refractivity contribution in [3.05, 3.63) is 62.8 Å². The van der Waals surface area contributed by atoms with Crippen LogP contribution in [0.1, 0.15) is 26.5 Å². The highest BCUT2D eigenvalue weighted by atomic mass is 35.5. The van der Waals surface area contributed by atoms with Gasteiger partial charge in [-0.25, -0.2) is 4.79 Å². The third-order valence-corrected chi connectivity index (χ3v) is 7.58. The third kappa shape index (κ3) is 2.69. The molecule has 0 saturated carbocycles. The Bertz CT molecular complexity index is 1320. The first kappa shape index (κ1) is 20.5. The molecular weight excluding hydrogens is 452 g/mol. The fraction of sp³-hybridized carbons (Fsp3) is 0.174. The number of hydrogen-bond donors (Lipinski definition) is 2. The quantitative estimate of drug-likeness (QED) is 0.594. The van der Waals surface area contributed by atoms with Crippen molar-refractivity contribution in [2.24, 2.45) is 0 Å². The highest BCUT2D eigenvalue weighted by Gasteiger charge is 2.57. The number of nitrogens with one attached hydrogen (secondary N) is 1. The van der Waals surface area contributed by atoms with Crippen LogP contribution in [0.2, 0.25) is 5.02 Å². The van der Waals surface area contributed by atoms with Gasteiger partial charge in [-0.05, 0) is 41.5 Å². The molecule has 5 rings (SSSR count). The average molecular weight is 469 g/mol. The van der Waals surface area contributed by atoms with Crippen LogP contribution in [0.5, 0.6) is 5.75 Å². The van der Waals surface area contributed by atoms with Crippen molar-refractivity contribution in [2.75, 3.05) is 24.4 Å². The highest BCUT2D eigenvalue weighted by Crippen LogP contribution is 2.57. The monoisotopic (exact) mass is 468 g/mol. The predicted octanol–water partition coefficient (Wildman–Crippen LogP) is 4.38. The standard InChI is InChI=1S/C23H17ClN2O5S/c1-26-15-8-5-12(24)9-14(15)23(22(26)30)10-16(27)25-18-17(19(21(28)29)32-20(18)23)11-3-6-13(31-2)7-4-11/h3-9H,10H2,1-2H3,(H,25,27)(H,28,29). The second-order valence-corrected chi connectivity index (χ2v) is 9.16. The van der Waals surface area contributed by atoms with E-state index >= 15 is 0 Å². The lowest BCUT2D eigenvalue weighted by molar-refractivity contribution is -0.126. The number of ether oxygens (including phenoxy) is 1. The molecule has 7 nitrogen and oxygen atoms in total. The van der Waals surface area contributed by atoms with Crippen molar-refractivity contribution in [1.29, 1.82) is 0 Å². The second-order valence-electron chi connectivity index (χ2n) is 7.70. The van der Waals surface area contributed by atoms with Gasteiger partial charge in [0.15, 0.2) is 0 Å². The van der Waals surface area contributed by atoms with E-state index in [2.05, 4.69) is 5.32 Å². The Morgan fingerprint density at radius 2 is 1.94 bits per heavy atom. The molecule has 9 heteroatoms. The zero-order chi connectivity index (χ0) is 22.8. The van der Waals surface area contributed by atoms with Crippen molar-refractivity contribution in [3.8, 4) is 16.9 Å². The smallest absolute Gasteiger partial charge is 0.346 e. The number of likely N-dealkylation sites (N-methyl/N-ethyl adjacent to an activating group) is 1. The van der Waals surface area contributed by atoms with E-state index in [9.17, 15) is 19.5 Å². The van der Waals surface area contributed by atoms with Crippen LogP contribution in [-0.2, 0) is 15.0 Å². The van der Waals surface area contributed by atoms with Crippen LogP contribution in [-0.4, -0.2) is 37.0 Å². The summed E-state index contributed by atoms with van der Waals surface area (Å²) in [5.74, 6) is -1.17. The number of benzene rings is 2. The van der Waals surface area contributed by atoms with Crippen LogP contribution in [0.15, 0.2) is 42.5 Å². The maximum atomic E-state index is 13.6. The van der Waals surface area contributed by atoms with E-state index in [4.69, 9.17) is 16.3 Å². The molecule has 3 aromatic rings. The van der Waals surface area contributed by atoms with Gasteiger partial charge in [0.25, 0.3) is 0 Å². The van der Waals surface area contributed by atoms with Crippen LogP contribution in [0.25, 0.3) is 11.1 Å². The predicted molar refractivity (Wildman–Crippen MR) is 122 cm³/mol. The lowest BCUT2D eigenvalue weighted by atomic mass is 9.74. The van der Waals surface area contributed by atoms with E-state index < -0.39 is 11.4 Å². The number of hydrogen-bond acceptors (Lipinski definition) is 5. The van der Waals surface area contributed by atoms with Gasteiger partial charge in [0.1, 0.15) is 16.0 Å². The van der Waals surface area contributed by atoms with Crippen LogP contribution < -0.4 is 15.0 Å². The Morgan fingerprint density at radius 1 is 1.22 bits per heavy atom. The van der Waals surface area contributed by atoms with E-state index in [1.807, 2.05) is 0 Å². The average Bonchev–Trinajstić information content (AvgIpc) is 3.25. The Kier molecular flexibility index (Phi) is 4.54. The molecule has 0 aliphatic carbocycles. The van der Waals surface area contributed by atoms with Gasteiger partial charge in [0, 0.05) is 23.3 Å². The fourth-order valence-electron chi connectivity index (χ4n) is 4.58. The Labute approximate surface area is 192 Å². The molecule has 2 aromatic carbocycles. The number of anilines is 2. The summed E-state index contributed by atoms with van der Waals surface area (Å²) in [6, 6.07) is 12.0. The number of amides is 2. The number of fused-ring (bicyclic) bond motifs is 4. The van der Waals surface area contributed by atoms with Crippen molar-refractivity contribution in [3.63, 3.8) is 0 Å². The first-order valence-electron chi connectivity index (χ1n) is 9.71. The van der Waals surface area contributed by atoms with Crippen molar-refractivity contribution >= 4 is 52.1 Å². The lowest BCUT2D eigenvalue weighted by Gasteiger charge is -2.32. The fourth-order valence-corrected chi connectivity index (χ4v) is 6.07. The summed E-state index contributed by atoms with van der Waals surface area (Å²) in [7, 11) is 3.19. The van der Waals surface area contributed by atoms with Gasteiger partial charge in [-0.3, -0.25) is 9.59 Å². The number of carbonyl (C=O) groups is 3. The number of thiophene rings is 1. The molecule has 1 unspecified atom stereocenters. The van der Waals surface area contributed by atoms with E-state index in [0.29, 0.717) is 43.7 Å². The molecule has 2 aliphatic heterocycles. The van der Waals surface area contributed by atoms with E-state index in [0.717, 1.165) is 11.3 Å². The van der Waals surface area contributed by atoms with Gasteiger partial charge in [0.05, 0.1) is 24.1 Å². The van der Waals surface area contributed by atoms with Crippen LogP contribution in [0.4, 0.5) is 11.4 Å². The van der Waals surface area contributed by atoms with Gasteiger partial charge in [-0.2, -0.15) is 0 Å². The molecule has 0 radical (unpaired) electrons. The number of nitrogens with zero attached hydrogens (tertiary/aromatic N) is 1. The number of aromatic carboxylic acids is 1. The van der Waals surface area contributed by atoms with Crippen LogP contribution in [0, 0.1) is 0 Å². The number of halogens is 1. The summed E-state index contributed by atoms with van der Waals surface area (Å²) in [4.78, 5) is 40.8.